The fourth-order valence-corrected chi connectivity index (χ4v) is 1.98. The van der Waals surface area contributed by atoms with Crippen LogP contribution in [0.2, 0.25) is 0 Å². The van der Waals surface area contributed by atoms with Crippen molar-refractivity contribution in [3.63, 3.8) is 0 Å². The van der Waals surface area contributed by atoms with Crippen LogP contribution >= 0.6 is 0 Å². The highest BCUT2D eigenvalue weighted by atomic mass is 16.7. The fraction of sp³-hybridized carbons (Fsp3) is 0. The number of rotatable bonds is 4. The molecular weight excluding hydrogens is 296 g/mol. The summed E-state index contributed by atoms with van der Waals surface area (Å²) in [5.41, 5.74) is 22.4. The smallest absolute Gasteiger partial charge is 0.182 e. The Hall–Kier alpha value is -3.80. The Kier molecular flexibility index (Phi) is 3.89. The zero-order chi connectivity index (χ0) is 16.1. The second-order valence-corrected chi connectivity index (χ2v) is 4.47. The summed E-state index contributed by atoms with van der Waals surface area (Å²) in [5, 5.41) is 8.52. The highest BCUT2D eigenvalue weighted by molar-refractivity contribution is 5.65. The van der Waals surface area contributed by atoms with Crippen LogP contribution in [0.15, 0.2) is 65.0 Å². The summed E-state index contributed by atoms with van der Waals surface area (Å²) in [6.07, 6.45) is 1.71. The van der Waals surface area contributed by atoms with Gasteiger partial charge >= 0.3 is 0 Å². The Balaban J connectivity index is 1.72. The fourth-order valence-electron chi connectivity index (χ4n) is 1.98. The third-order valence-electron chi connectivity index (χ3n) is 3.06. The van der Waals surface area contributed by atoms with Crippen molar-refractivity contribution < 1.29 is 4.84 Å². The van der Waals surface area contributed by atoms with Crippen LogP contribution in [0.4, 0.5) is 17.1 Å². The lowest BCUT2D eigenvalue weighted by Crippen LogP contribution is -2.27. The molecule has 23 heavy (non-hydrogen) atoms. The molecule has 9 nitrogen and oxygen atoms in total. The molecule has 3 rings (SSSR count). The van der Waals surface area contributed by atoms with Crippen LogP contribution in [-0.4, -0.2) is 0 Å². The van der Waals surface area contributed by atoms with Crippen LogP contribution in [0.5, 0.6) is 0 Å². The summed E-state index contributed by atoms with van der Waals surface area (Å²) in [5.74, 6) is 0.622. The van der Waals surface area contributed by atoms with Gasteiger partial charge in [-0.3, -0.25) is 5.43 Å². The summed E-state index contributed by atoms with van der Waals surface area (Å²) >= 11 is 0. The molecule has 0 aromatic heterocycles. The number of nitrogens with zero attached hydrogens (tertiary/aromatic N) is 7. The highest BCUT2D eigenvalue weighted by Gasteiger charge is 2.17. The first-order valence-electron chi connectivity index (χ1n) is 6.55. The summed E-state index contributed by atoms with van der Waals surface area (Å²) in [6, 6.07) is 13.9. The molecule has 0 bridgehead atoms. The van der Waals surface area contributed by atoms with E-state index in [0.717, 1.165) is 11.3 Å². The Labute approximate surface area is 130 Å². The predicted molar refractivity (Wildman–Crippen MR) is 85.2 cm³/mol. The molecule has 1 heterocycles. The van der Waals surface area contributed by atoms with E-state index >= 15 is 0 Å². The zero-order valence-corrected chi connectivity index (χ0v) is 11.7. The number of benzene rings is 2. The largest absolute Gasteiger partial charge is 0.357 e. The average molecular weight is 306 g/mol. The number of hydrogen-bond donors (Lipinski definition) is 1. The Bertz CT molecular complexity index is 830. The first-order chi connectivity index (χ1) is 11.3. The molecule has 2 aromatic carbocycles. The minimum Gasteiger partial charge on any atom is -0.357 e. The van der Waals surface area contributed by atoms with Gasteiger partial charge in [0.15, 0.2) is 5.76 Å². The van der Waals surface area contributed by atoms with Crippen molar-refractivity contribution in [2.24, 2.45) is 10.2 Å². The van der Waals surface area contributed by atoms with Gasteiger partial charge in [0.05, 0.1) is 11.9 Å². The third-order valence-corrected chi connectivity index (χ3v) is 3.06. The van der Waals surface area contributed by atoms with E-state index in [0.29, 0.717) is 17.1 Å². The predicted octanol–water partition coefficient (Wildman–Crippen LogP) is 4.83. The molecule has 0 atom stereocenters. The molecule has 0 fully saturated rings. The maximum atomic E-state index is 8.39. The van der Waals surface area contributed by atoms with Gasteiger partial charge in [0.25, 0.3) is 0 Å². The maximum absolute atomic E-state index is 8.39. The molecule has 0 saturated carbocycles. The van der Waals surface area contributed by atoms with Crippen molar-refractivity contribution in [1.82, 2.24) is 5.43 Å². The van der Waals surface area contributed by atoms with E-state index < -0.39 is 0 Å². The van der Waals surface area contributed by atoms with E-state index in [9.17, 15) is 0 Å². The van der Waals surface area contributed by atoms with Gasteiger partial charge in [0.2, 0.25) is 0 Å². The van der Waals surface area contributed by atoms with Crippen molar-refractivity contribution in [3.05, 3.63) is 81.2 Å². The number of nitrogens with one attached hydrogen (secondary N) is 1. The maximum Gasteiger partial charge on any atom is 0.182 e. The minimum atomic E-state index is 0.525. The van der Waals surface area contributed by atoms with Gasteiger partial charge in [-0.25, -0.2) is 0 Å². The summed E-state index contributed by atoms with van der Waals surface area (Å²) in [4.78, 5) is 11.2. The van der Waals surface area contributed by atoms with Crippen LogP contribution in [0.3, 0.4) is 0 Å². The summed E-state index contributed by atoms with van der Waals surface area (Å²) in [6.45, 7) is 0. The van der Waals surface area contributed by atoms with Crippen LogP contribution < -0.4 is 10.6 Å². The summed E-state index contributed by atoms with van der Waals surface area (Å²) in [7, 11) is 0. The van der Waals surface area contributed by atoms with Gasteiger partial charge in [0, 0.05) is 26.8 Å². The molecule has 0 amide bonds. The lowest BCUT2D eigenvalue weighted by atomic mass is 10.2. The van der Waals surface area contributed by atoms with E-state index in [4.69, 9.17) is 15.9 Å². The average Bonchev–Trinajstić information content (AvgIpc) is 3.07. The highest BCUT2D eigenvalue weighted by Crippen LogP contribution is 2.27. The number of hydrazine groups is 1. The third kappa shape index (κ3) is 3.11. The van der Waals surface area contributed by atoms with Crippen molar-refractivity contribution in [2.45, 2.75) is 0 Å². The van der Waals surface area contributed by atoms with Crippen molar-refractivity contribution in [3.8, 4) is 0 Å². The molecule has 2 aromatic rings. The zero-order valence-electron chi connectivity index (χ0n) is 11.7. The molecule has 0 unspecified atom stereocenters. The molecule has 0 radical (unpaired) electrons. The SMILES string of the molecule is [N-]=[N+]=Nc1ccc(C2=CNN(c3ccc(N=[N+]=[N-])cc3)O2)cc1. The van der Waals surface area contributed by atoms with E-state index in [-0.39, 0.29) is 0 Å². The first-order valence-corrected chi connectivity index (χ1v) is 6.55. The molecule has 9 heteroatoms. The van der Waals surface area contributed by atoms with Crippen LogP contribution in [0, 0.1) is 0 Å². The van der Waals surface area contributed by atoms with Gasteiger partial charge in [-0.05, 0) is 23.2 Å². The molecule has 0 saturated heterocycles. The molecule has 112 valence electrons. The van der Waals surface area contributed by atoms with Crippen molar-refractivity contribution in [2.75, 3.05) is 5.17 Å². The molecule has 0 aliphatic carbocycles. The molecule has 1 aliphatic rings. The van der Waals surface area contributed by atoms with Gasteiger partial charge in [0.1, 0.15) is 0 Å². The minimum absolute atomic E-state index is 0.525. The topological polar surface area (TPSA) is 122 Å². The van der Waals surface area contributed by atoms with Crippen molar-refractivity contribution in [1.29, 1.82) is 0 Å². The van der Waals surface area contributed by atoms with Crippen LogP contribution in [0.25, 0.3) is 26.6 Å². The molecule has 1 N–H and O–H groups in total. The van der Waals surface area contributed by atoms with Crippen LogP contribution in [0.1, 0.15) is 5.56 Å². The normalized spacial score (nSPS) is 12.3. The van der Waals surface area contributed by atoms with Crippen LogP contribution in [-0.2, 0) is 4.84 Å². The van der Waals surface area contributed by atoms with Gasteiger partial charge in [-0.1, -0.05) is 46.6 Å². The van der Waals surface area contributed by atoms with Crippen molar-refractivity contribution >= 4 is 22.8 Å². The standard InChI is InChI=1S/C14H10N8O/c15-20-18-11-3-1-10(2-4-11)14-9-17-22(23-14)13-7-5-12(6-8-13)19-21-16/h1-9,17H. The lowest BCUT2D eigenvalue weighted by molar-refractivity contribution is 0.243. The second kappa shape index (κ2) is 6.31. The lowest BCUT2D eigenvalue weighted by Gasteiger charge is -2.17. The monoisotopic (exact) mass is 306 g/mol. The number of azide groups is 2. The molecule has 1 aliphatic heterocycles. The van der Waals surface area contributed by atoms with Gasteiger partial charge < -0.3 is 4.84 Å². The van der Waals surface area contributed by atoms with Gasteiger partial charge in [-0.15, -0.1) is 5.17 Å². The van der Waals surface area contributed by atoms with Gasteiger partial charge in [-0.2, -0.15) is 0 Å². The van der Waals surface area contributed by atoms with E-state index in [2.05, 4.69) is 25.5 Å². The number of hydrogen-bond acceptors (Lipinski definition) is 5. The Morgan fingerprint density at radius 1 is 0.870 bits per heavy atom. The Morgan fingerprint density at radius 3 is 2.00 bits per heavy atom. The van der Waals surface area contributed by atoms with E-state index in [1.165, 1.54) is 5.17 Å². The molecule has 0 spiro atoms. The molecular formula is C14H10N8O. The second-order valence-electron chi connectivity index (χ2n) is 4.47. The Morgan fingerprint density at radius 2 is 1.43 bits per heavy atom. The first kappa shape index (κ1) is 14.2. The summed E-state index contributed by atoms with van der Waals surface area (Å²) < 4.78 is 0. The number of anilines is 1. The van der Waals surface area contributed by atoms with E-state index in [1.54, 1.807) is 54.7 Å². The van der Waals surface area contributed by atoms with E-state index in [1.807, 2.05) is 0 Å². The quantitative estimate of drug-likeness (QED) is 0.494.